The lowest BCUT2D eigenvalue weighted by Gasteiger charge is -1.95. The summed E-state index contributed by atoms with van der Waals surface area (Å²) in [5.74, 6) is 2.23. The van der Waals surface area contributed by atoms with Crippen molar-refractivity contribution < 1.29 is 18.4 Å². The van der Waals surface area contributed by atoms with Gasteiger partial charge in [-0.3, -0.25) is 0 Å². The molecular weight excluding hydrogens is 300 g/mol. The molecule has 0 spiro atoms. The van der Waals surface area contributed by atoms with Crippen LogP contribution in [0.5, 0.6) is 0 Å². The molecule has 0 amide bonds. The lowest BCUT2D eigenvalue weighted by molar-refractivity contribution is 0.0562. The average molecular weight is 314 g/mol. The Bertz CT molecular complexity index is 594. The third kappa shape index (κ3) is 3.57. The Balaban J connectivity index is 1.98. The fourth-order valence-electron chi connectivity index (χ4n) is 1.53. The first kappa shape index (κ1) is 15.0. The van der Waals surface area contributed by atoms with E-state index in [0.717, 1.165) is 5.56 Å². The number of hydrogen-bond donors (Lipinski definition) is 0. The Hall–Kier alpha value is -1.41. The molecule has 0 radical (unpaired) electrons. The zero-order chi connectivity index (χ0) is 14.5. The van der Waals surface area contributed by atoms with Gasteiger partial charge in [-0.05, 0) is 19.2 Å². The maximum atomic E-state index is 11.4. The number of rotatable bonds is 6. The van der Waals surface area contributed by atoms with Crippen molar-refractivity contribution >= 4 is 29.5 Å². The summed E-state index contributed by atoms with van der Waals surface area (Å²) >= 11 is 2.98. The van der Waals surface area contributed by atoms with Crippen LogP contribution < -0.4 is 0 Å². The molecule has 0 aromatic carbocycles. The summed E-state index contributed by atoms with van der Waals surface area (Å²) in [4.78, 5) is 11.4. The van der Waals surface area contributed by atoms with Gasteiger partial charge < -0.3 is 13.6 Å². The Morgan fingerprint density at radius 2 is 2.15 bits per heavy atom. The molecule has 0 aliphatic rings. The van der Waals surface area contributed by atoms with Gasteiger partial charge >= 0.3 is 5.97 Å². The molecule has 0 atom stereocenters. The van der Waals surface area contributed by atoms with E-state index in [1.54, 1.807) is 24.8 Å². The average Bonchev–Trinajstić information content (AvgIpc) is 3.03. The van der Waals surface area contributed by atoms with Crippen LogP contribution in [-0.2, 0) is 16.2 Å². The summed E-state index contributed by atoms with van der Waals surface area (Å²) in [6.45, 7) is 1.80. The number of nitrogens with zero attached hydrogens (tertiary/aromatic N) is 2. The number of furan rings is 1. The molecule has 0 N–H and O–H groups in total. The second-order valence-electron chi connectivity index (χ2n) is 3.90. The standard InChI is InChI=1S/C12H14N2O4S2/c1-7-4-8(17-10(7)11(15)16-2)5-20-12-14-13-9(18-12)6-19-3/h4H,5-6H2,1-3H3. The highest BCUT2D eigenvalue weighted by Gasteiger charge is 2.16. The molecular formula is C12H14N2O4S2. The van der Waals surface area contributed by atoms with Crippen LogP contribution in [0.25, 0.3) is 0 Å². The predicted molar refractivity (Wildman–Crippen MR) is 75.9 cm³/mol. The second-order valence-corrected chi connectivity index (χ2v) is 5.69. The van der Waals surface area contributed by atoms with Gasteiger partial charge in [0.05, 0.1) is 18.6 Å². The number of aryl methyl sites for hydroxylation is 1. The van der Waals surface area contributed by atoms with Crippen LogP contribution in [-0.4, -0.2) is 29.5 Å². The van der Waals surface area contributed by atoms with Gasteiger partial charge in [-0.2, -0.15) is 11.8 Å². The van der Waals surface area contributed by atoms with Crippen molar-refractivity contribution in [2.24, 2.45) is 0 Å². The molecule has 2 aromatic heterocycles. The number of aromatic nitrogens is 2. The van der Waals surface area contributed by atoms with Crippen LogP contribution in [0.15, 0.2) is 20.1 Å². The highest BCUT2D eigenvalue weighted by Crippen LogP contribution is 2.25. The molecule has 0 saturated heterocycles. The predicted octanol–water partition coefficient (Wildman–Crippen LogP) is 2.91. The minimum absolute atomic E-state index is 0.233. The third-order valence-electron chi connectivity index (χ3n) is 2.39. The van der Waals surface area contributed by atoms with E-state index in [-0.39, 0.29) is 5.76 Å². The second kappa shape index (κ2) is 6.85. The van der Waals surface area contributed by atoms with Crippen molar-refractivity contribution in [3.05, 3.63) is 29.0 Å². The minimum atomic E-state index is -0.473. The molecule has 20 heavy (non-hydrogen) atoms. The van der Waals surface area contributed by atoms with Crippen molar-refractivity contribution in [1.82, 2.24) is 10.2 Å². The van der Waals surface area contributed by atoms with E-state index in [1.165, 1.54) is 18.9 Å². The topological polar surface area (TPSA) is 78.4 Å². The molecule has 2 heterocycles. The zero-order valence-electron chi connectivity index (χ0n) is 11.3. The molecule has 0 unspecified atom stereocenters. The summed E-state index contributed by atoms with van der Waals surface area (Å²) in [6, 6.07) is 1.80. The first-order chi connectivity index (χ1) is 9.63. The number of ether oxygens (including phenoxy) is 1. The number of carbonyl (C=O) groups excluding carboxylic acids is 1. The van der Waals surface area contributed by atoms with Crippen molar-refractivity contribution in [1.29, 1.82) is 0 Å². The number of hydrogen-bond acceptors (Lipinski definition) is 8. The maximum Gasteiger partial charge on any atom is 0.374 e. The van der Waals surface area contributed by atoms with Crippen LogP contribution in [0.3, 0.4) is 0 Å². The van der Waals surface area contributed by atoms with Crippen molar-refractivity contribution in [3.63, 3.8) is 0 Å². The molecule has 0 fully saturated rings. The smallest absolute Gasteiger partial charge is 0.374 e. The van der Waals surface area contributed by atoms with Crippen LogP contribution >= 0.6 is 23.5 Å². The first-order valence-corrected chi connectivity index (χ1v) is 8.13. The number of methoxy groups -OCH3 is 1. The minimum Gasteiger partial charge on any atom is -0.463 e. The normalized spacial score (nSPS) is 10.8. The molecule has 0 saturated carbocycles. The number of thioether (sulfide) groups is 2. The van der Waals surface area contributed by atoms with Gasteiger partial charge in [0.15, 0.2) is 0 Å². The van der Waals surface area contributed by atoms with Crippen LogP contribution in [0.4, 0.5) is 0 Å². The quantitative estimate of drug-likeness (QED) is 0.595. The van der Waals surface area contributed by atoms with E-state index < -0.39 is 5.97 Å². The summed E-state index contributed by atoms with van der Waals surface area (Å²) in [6.07, 6.45) is 1.97. The fraction of sp³-hybridized carbons (Fsp3) is 0.417. The zero-order valence-corrected chi connectivity index (χ0v) is 13.0. The summed E-state index contributed by atoms with van der Waals surface area (Å²) in [5, 5.41) is 8.34. The van der Waals surface area contributed by atoms with Crippen molar-refractivity contribution in [2.75, 3.05) is 13.4 Å². The van der Waals surface area contributed by atoms with E-state index in [1.807, 2.05) is 6.26 Å². The summed E-state index contributed by atoms with van der Waals surface area (Å²) in [7, 11) is 1.32. The Morgan fingerprint density at radius 1 is 1.35 bits per heavy atom. The SMILES string of the molecule is COC(=O)c1oc(CSc2nnc(CSC)o2)cc1C. The van der Waals surface area contributed by atoms with Crippen LogP contribution in [0.1, 0.15) is 27.8 Å². The molecule has 6 nitrogen and oxygen atoms in total. The van der Waals surface area contributed by atoms with Crippen LogP contribution in [0.2, 0.25) is 0 Å². The number of carbonyl (C=O) groups is 1. The summed E-state index contributed by atoms with van der Waals surface area (Å²) < 4.78 is 15.5. The van der Waals surface area contributed by atoms with E-state index >= 15 is 0 Å². The molecule has 0 aliphatic carbocycles. The largest absolute Gasteiger partial charge is 0.463 e. The van der Waals surface area contributed by atoms with Gasteiger partial charge in [0.25, 0.3) is 5.22 Å². The van der Waals surface area contributed by atoms with E-state index in [2.05, 4.69) is 14.9 Å². The Kier molecular flexibility index (Phi) is 5.13. The van der Waals surface area contributed by atoms with Crippen molar-refractivity contribution in [2.45, 2.75) is 23.7 Å². The lowest BCUT2D eigenvalue weighted by Crippen LogP contribution is -2.00. The summed E-state index contributed by atoms with van der Waals surface area (Å²) in [5.41, 5.74) is 0.751. The van der Waals surface area contributed by atoms with Gasteiger partial charge in [-0.25, -0.2) is 4.79 Å². The van der Waals surface area contributed by atoms with Crippen LogP contribution in [0, 0.1) is 6.92 Å². The molecule has 2 aromatic rings. The molecule has 0 bridgehead atoms. The Morgan fingerprint density at radius 3 is 2.85 bits per heavy atom. The maximum absolute atomic E-state index is 11.4. The Labute approximate surface area is 124 Å². The number of esters is 1. The fourth-order valence-corrected chi connectivity index (χ4v) is 2.55. The van der Waals surface area contributed by atoms with Gasteiger partial charge in [0.2, 0.25) is 11.7 Å². The first-order valence-electron chi connectivity index (χ1n) is 5.75. The monoisotopic (exact) mass is 314 g/mol. The molecule has 108 valence electrons. The van der Waals surface area contributed by atoms with Gasteiger partial charge in [0.1, 0.15) is 5.76 Å². The van der Waals surface area contributed by atoms with Gasteiger partial charge in [0, 0.05) is 5.56 Å². The third-order valence-corrected chi connectivity index (χ3v) is 3.77. The van der Waals surface area contributed by atoms with Crippen molar-refractivity contribution in [3.8, 4) is 0 Å². The van der Waals surface area contributed by atoms with E-state index in [9.17, 15) is 4.79 Å². The highest BCUT2D eigenvalue weighted by molar-refractivity contribution is 7.98. The van der Waals surface area contributed by atoms with Gasteiger partial charge in [-0.15, -0.1) is 10.2 Å². The molecule has 0 aliphatic heterocycles. The highest BCUT2D eigenvalue weighted by atomic mass is 32.2. The lowest BCUT2D eigenvalue weighted by atomic mass is 10.3. The molecule has 8 heteroatoms. The molecule has 2 rings (SSSR count). The van der Waals surface area contributed by atoms with E-state index in [4.69, 9.17) is 8.83 Å². The van der Waals surface area contributed by atoms with Gasteiger partial charge in [-0.1, -0.05) is 11.8 Å². The van der Waals surface area contributed by atoms with E-state index in [0.29, 0.717) is 28.4 Å².